The molecule has 3 rings (SSSR count). The summed E-state index contributed by atoms with van der Waals surface area (Å²) in [6.07, 6.45) is 0. The number of hydrogen-bond acceptors (Lipinski definition) is 3. The van der Waals surface area contributed by atoms with Gasteiger partial charge in [-0.2, -0.15) is 0 Å². The summed E-state index contributed by atoms with van der Waals surface area (Å²) in [7, 11) is 0. The van der Waals surface area contributed by atoms with Crippen molar-refractivity contribution in [1.29, 1.82) is 0 Å². The molecule has 1 saturated heterocycles. The quantitative estimate of drug-likeness (QED) is 0.809. The Morgan fingerprint density at radius 3 is 2.36 bits per heavy atom. The Morgan fingerprint density at radius 2 is 1.68 bits per heavy atom. The van der Waals surface area contributed by atoms with Crippen molar-refractivity contribution in [2.45, 2.75) is 0 Å². The molecule has 2 aromatic rings. The molecule has 0 aromatic heterocycles. The Kier molecular flexibility index (Phi) is 4.76. The van der Waals surface area contributed by atoms with Gasteiger partial charge in [-0.25, -0.2) is 0 Å². The molecule has 114 valence electrons. The van der Waals surface area contributed by atoms with Crippen molar-refractivity contribution in [2.24, 2.45) is 0 Å². The average Bonchev–Trinajstić information content (AvgIpc) is 2.56. The van der Waals surface area contributed by atoms with Gasteiger partial charge in [0, 0.05) is 42.5 Å². The molecule has 3 nitrogen and oxygen atoms in total. The van der Waals surface area contributed by atoms with E-state index in [4.69, 9.17) is 11.6 Å². The lowest BCUT2D eigenvalue weighted by Crippen LogP contribution is -2.48. The zero-order valence-corrected chi connectivity index (χ0v) is 13.2. The van der Waals surface area contributed by atoms with E-state index in [-0.39, 0.29) is 5.78 Å². The predicted molar refractivity (Wildman–Crippen MR) is 90.9 cm³/mol. The third-order valence-corrected chi connectivity index (χ3v) is 4.24. The molecule has 0 N–H and O–H groups in total. The smallest absolute Gasteiger partial charge is 0.176 e. The van der Waals surface area contributed by atoms with Gasteiger partial charge < -0.3 is 4.90 Å². The molecule has 0 amide bonds. The molecule has 2 aromatic carbocycles. The highest BCUT2D eigenvalue weighted by molar-refractivity contribution is 6.30. The first kappa shape index (κ1) is 15.1. The number of rotatable bonds is 4. The average molecular weight is 315 g/mol. The zero-order chi connectivity index (χ0) is 15.4. The van der Waals surface area contributed by atoms with Crippen LogP contribution in [-0.2, 0) is 0 Å². The molecule has 1 fully saturated rings. The van der Waals surface area contributed by atoms with Crippen LogP contribution < -0.4 is 4.90 Å². The van der Waals surface area contributed by atoms with Gasteiger partial charge in [0.25, 0.3) is 0 Å². The molecular formula is C18H19ClN2O. The normalized spacial score (nSPS) is 15.8. The molecule has 0 spiro atoms. The summed E-state index contributed by atoms with van der Waals surface area (Å²) in [4.78, 5) is 16.8. The van der Waals surface area contributed by atoms with Crippen LogP contribution in [0.3, 0.4) is 0 Å². The minimum Gasteiger partial charge on any atom is -0.369 e. The van der Waals surface area contributed by atoms with E-state index < -0.39 is 0 Å². The van der Waals surface area contributed by atoms with Gasteiger partial charge in [0.2, 0.25) is 0 Å². The van der Waals surface area contributed by atoms with Crippen LogP contribution >= 0.6 is 11.6 Å². The van der Waals surface area contributed by atoms with E-state index in [1.807, 2.05) is 48.5 Å². The van der Waals surface area contributed by atoms with E-state index in [0.29, 0.717) is 6.54 Å². The standard InChI is InChI=1S/C18H19ClN2O/c19-16-7-4-8-17(13-16)21-11-9-20(10-12-21)14-18(22)15-5-2-1-3-6-15/h1-8,13H,9-12,14H2. The second-order valence-electron chi connectivity index (χ2n) is 5.53. The lowest BCUT2D eigenvalue weighted by molar-refractivity contribution is 0.0926. The van der Waals surface area contributed by atoms with Gasteiger partial charge in [0.05, 0.1) is 6.54 Å². The second-order valence-corrected chi connectivity index (χ2v) is 5.97. The minimum atomic E-state index is 0.191. The van der Waals surface area contributed by atoms with Crippen molar-refractivity contribution in [2.75, 3.05) is 37.6 Å². The van der Waals surface area contributed by atoms with Crippen molar-refractivity contribution >= 4 is 23.1 Å². The third-order valence-electron chi connectivity index (χ3n) is 4.01. The van der Waals surface area contributed by atoms with E-state index in [0.717, 1.165) is 42.5 Å². The molecule has 0 bridgehead atoms. The van der Waals surface area contributed by atoms with Crippen LogP contribution in [-0.4, -0.2) is 43.4 Å². The summed E-state index contributed by atoms with van der Waals surface area (Å²) >= 11 is 6.05. The fourth-order valence-electron chi connectivity index (χ4n) is 2.76. The van der Waals surface area contributed by atoms with E-state index >= 15 is 0 Å². The van der Waals surface area contributed by atoms with Gasteiger partial charge in [0.1, 0.15) is 0 Å². The number of carbonyl (C=O) groups is 1. The maximum Gasteiger partial charge on any atom is 0.176 e. The van der Waals surface area contributed by atoms with E-state index in [2.05, 4.69) is 15.9 Å². The summed E-state index contributed by atoms with van der Waals surface area (Å²) in [6, 6.07) is 17.4. The summed E-state index contributed by atoms with van der Waals surface area (Å²) < 4.78 is 0. The number of hydrogen-bond donors (Lipinski definition) is 0. The molecule has 0 radical (unpaired) electrons. The largest absolute Gasteiger partial charge is 0.369 e. The zero-order valence-electron chi connectivity index (χ0n) is 12.4. The Balaban J connectivity index is 1.55. The van der Waals surface area contributed by atoms with E-state index in [9.17, 15) is 4.79 Å². The van der Waals surface area contributed by atoms with Crippen molar-refractivity contribution in [3.63, 3.8) is 0 Å². The maximum atomic E-state index is 12.2. The van der Waals surface area contributed by atoms with Crippen LogP contribution in [0, 0.1) is 0 Å². The molecule has 1 heterocycles. The molecule has 1 aliphatic heterocycles. The predicted octanol–water partition coefficient (Wildman–Crippen LogP) is 3.34. The molecular weight excluding hydrogens is 296 g/mol. The Bertz CT molecular complexity index is 637. The number of anilines is 1. The van der Waals surface area contributed by atoms with Gasteiger partial charge in [-0.1, -0.05) is 48.0 Å². The molecule has 1 aliphatic rings. The van der Waals surface area contributed by atoms with E-state index in [1.165, 1.54) is 0 Å². The molecule has 22 heavy (non-hydrogen) atoms. The van der Waals surface area contributed by atoms with Gasteiger partial charge in [-0.15, -0.1) is 0 Å². The number of Topliss-reactive ketones (excluding diaryl/α,β-unsaturated/α-hetero) is 1. The van der Waals surface area contributed by atoms with Crippen molar-refractivity contribution in [3.8, 4) is 0 Å². The number of benzene rings is 2. The van der Waals surface area contributed by atoms with Crippen LogP contribution in [0.2, 0.25) is 5.02 Å². The third kappa shape index (κ3) is 3.67. The van der Waals surface area contributed by atoms with E-state index in [1.54, 1.807) is 0 Å². The van der Waals surface area contributed by atoms with Gasteiger partial charge >= 0.3 is 0 Å². The fraction of sp³-hybridized carbons (Fsp3) is 0.278. The number of piperazine rings is 1. The van der Waals surface area contributed by atoms with Crippen LogP contribution in [0.1, 0.15) is 10.4 Å². The monoisotopic (exact) mass is 314 g/mol. The molecule has 4 heteroatoms. The lowest BCUT2D eigenvalue weighted by atomic mass is 10.1. The number of halogens is 1. The topological polar surface area (TPSA) is 23.6 Å². The summed E-state index contributed by atoms with van der Waals surface area (Å²) in [6.45, 7) is 4.12. The first-order chi connectivity index (χ1) is 10.7. The lowest BCUT2D eigenvalue weighted by Gasteiger charge is -2.35. The van der Waals surface area contributed by atoms with Crippen molar-refractivity contribution in [3.05, 3.63) is 65.2 Å². The second kappa shape index (κ2) is 6.95. The SMILES string of the molecule is O=C(CN1CCN(c2cccc(Cl)c2)CC1)c1ccccc1. The summed E-state index contributed by atoms with van der Waals surface area (Å²) in [5, 5.41) is 0.763. The van der Waals surface area contributed by atoms with Crippen LogP contribution in [0.15, 0.2) is 54.6 Å². The van der Waals surface area contributed by atoms with Crippen molar-refractivity contribution in [1.82, 2.24) is 4.90 Å². The van der Waals surface area contributed by atoms with Crippen LogP contribution in [0.5, 0.6) is 0 Å². The highest BCUT2D eigenvalue weighted by Gasteiger charge is 2.19. The van der Waals surface area contributed by atoms with Crippen LogP contribution in [0.4, 0.5) is 5.69 Å². The van der Waals surface area contributed by atoms with Crippen LogP contribution in [0.25, 0.3) is 0 Å². The number of nitrogens with zero attached hydrogens (tertiary/aromatic N) is 2. The van der Waals surface area contributed by atoms with Gasteiger partial charge in [-0.3, -0.25) is 9.69 Å². The molecule has 0 aliphatic carbocycles. The Morgan fingerprint density at radius 1 is 0.955 bits per heavy atom. The number of ketones is 1. The summed E-state index contributed by atoms with van der Waals surface area (Å²) in [5.41, 5.74) is 1.95. The first-order valence-electron chi connectivity index (χ1n) is 7.53. The highest BCUT2D eigenvalue weighted by atomic mass is 35.5. The minimum absolute atomic E-state index is 0.191. The van der Waals surface area contributed by atoms with Crippen molar-refractivity contribution < 1.29 is 4.79 Å². The highest BCUT2D eigenvalue weighted by Crippen LogP contribution is 2.20. The Labute approximate surface area is 136 Å². The maximum absolute atomic E-state index is 12.2. The summed E-state index contributed by atoms with van der Waals surface area (Å²) in [5.74, 6) is 0.191. The fourth-order valence-corrected chi connectivity index (χ4v) is 2.94. The Hall–Kier alpha value is -1.84. The molecule has 0 unspecified atom stereocenters. The molecule has 0 saturated carbocycles. The number of carbonyl (C=O) groups excluding carboxylic acids is 1. The molecule has 0 atom stereocenters. The van der Waals surface area contributed by atoms with Gasteiger partial charge in [-0.05, 0) is 18.2 Å². The van der Waals surface area contributed by atoms with Gasteiger partial charge in [0.15, 0.2) is 5.78 Å². The first-order valence-corrected chi connectivity index (χ1v) is 7.91.